The number of likely N-dealkylation sites (tertiary alicyclic amines) is 1. The molecule has 0 bridgehead atoms. The van der Waals surface area contributed by atoms with Crippen molar-refractivity contribution in [3.8, 4) is 5.75 Å². The largest absolute Gasteiger partial charge is 0.508 e. The number of aliphatic imine (C=N–C) groups is 1. The van der Waals surface area contributed by atoms with Gasteiger partial charge in [-0.15, -0.1) is 0 Å². The standard InChI is InChI=1S/C39H64N6O10/c1-2-3-4-5-6-7-8-11-33(49)44-29(19-24-12-15-27(48)16-13-24)37(53)45-30-21-28(54-38-35(51)34(50)32(23-47)55-38)17-14-25(30)20-31(45)36(52)43-26(22-46)10-9-18-42-39(40)41/h12-13,15-16,25-26,28-32,34-35,38,46-48,50-51H,2-11,14,17-23H2,1H3,(H,43,52)(H,44,49)(H4,40,41,42). The van der Waals surface area contributed by atoms with Gasteiger partial charge in [0.1, 0.15) is 36.1 Å². The SMILES string of the molecule is CCCCCCCCCC(=O)NC(Cc1ccc(O)cc1)C(=O)N1C(C(=O)NC(CO)CCCN=C(N)N)CC2CCC(OC3OC(CO)C(O)C3O)CC21. The lowest BCUT2D eigenvalue weighted by molar-refractivity contribution is -0.202. The molecule has 0 radical (unpaired) electrons. The van der Waals surface area contributed by atoms with Crippen molar-refractivity contribution in [1.82, 2.24) is 15.5 Å². The summed E-state index contributed by atoms with van der Waals surface area (Å²) in [5, 5.41) is 56.4. The highest BCUT2D eigenvalue weighted by atomic mass is 16.7. The van der Waals surface area contributed by atoms with Crippen LogP contribution < -0.4 is 22.1 Å². The van der Waals surface area contributed by atoms with Crippen LogP contribution in [0.4, 0.5) is 0 Å². The molecule has 2 heterocycles. The van der Waals surface area contributed by atoms with Crippen molar-refractivity contribution in [2.24, 2.45) is 22.4 Å². The summed E-state index contributed by atoms with van der Waals surface area (Å²) < 4.78 is 11.7. The van der Waals surface area contributed by atoms with E-state index in [0.717, 1.165) is 25.7 Å². The molecule has 0 spiro atoms. The van der Waals surface area contributed by atoms with Crippen molar-refractivity contribution in [2.45, 2.75) is 158 Å². The Labute approximate surface area is 324 Å². The number of phenols is 1. The molecule has 11 N–H and O–H groups in total. The molecule has 3 amide bonds. The van der Waals surface area contributed by atoms with Gasteiger partial charge in [-0.1, -0.05) is 57.6 Å². The number of hydrogen-bond acceptors (Lipinski definition) is 11. The number of carbonyl (C=O) groups excluding carboxylic acids is 3. The summed E-state index contributed by atoms with van der Waals surface area (Å²) in [6, 6.07) is 3.39. The predicted octanol–water partition coefficient (Wildman–Crippen LogP) is 0.685. The van der Waals surface area contributed by atoms with Gasteiger partial charge in [-0.2, -0.15) is 0 Å². The molecule has 10 atom stereocenters. The average molecular weight is 777 g/mol. The second-order valence-corrected chi connectivity index (χ2v) is 15.3. The van der Waals surface area contributed by atoms with Crippen molar-refractivity contribution >= 4 is 23.7 Å². The van der Waals surface area contributed by atoms with Gasteiger partial charge in [0.15, 0.2) is 12.2 Å². The maximum absolute atomic E-state index is 14.9. The first-order valence-electron chi connectivity index (χ1n) is 20.1. The Bertz CT molecular complexity index is 1380. The van der Waals surface area contributed by atoms with Crippen LogP contribution in [0.1, 0.15) is 102 Å². The quantitative estimate of drug-likeness (QED) is 0.0448. The van der Waals surface area contributed by atoms with E-state index in [1.807, 2.05) is 0 Å². The molecular weight excluding hydrogens is 712 g/mol. The van der Waals surface area contributed by atoms with Crippen molar-refractivity contribution in [3.63, 3.8) is 0 Å². The Hall–Kier alpha value is -3.54. The molecule has 1 aliphatic carbocycles. The van der Waals surface area contributed by atoms with Gasteiger partial charge in [0.25, 0.3) is 0 Å². The lowest BCUT2D eigenvalue weighted by atomic mass is 9.83. The number of fused-ring (bicyclic) bond motifs is 1. The van der Waals surface area contributed by atoms with E-state index in [9.17, 15) is 39.9 Å². The smallest absolute Gasteiger partial charge is 0.246 e. The highest BCUT2D eigenvalue weighted by molar-refractivity contribution is 5.93. The summed E-state index contributed by atoms with van der Waals surface area (Å²) in [6.45, 7) is 1.66. The fourth-order valence-electron chi connectivity index (χ4n) is 8.07. The van der Waals surface area contributed by atoms with Gasteiger partial charge in [-0.05, 0) is 68.6 Å². The van der Waals surface area contributed by atoms with Crippen molar-refractivity contribution in [1.29, 1.82) is 0 Å². The van der Waals surface area contributed by atoms with E-state index in [2.05, 4.69) is 22.5 Å². The average Bonchev–Trinajstić information content (AvgIpc) is 3.68. The maximum atomic E-state index is 14.9. The summed E-state index contributed by atoms with van der Waals surface area (Å²) in [4.78, 5) is 47.9. The first-order valence-corrected chi connectivity index (χ1v) is 20.1. The van der Waals surface area contributed by atoms with Crippen LogP contribution in [-0.2, 0) is 30.3 Å². The number of benzene rings is 1. The lowest BCUT2D eigenvalue weighted by Gasteiger charge is -2.39. The molecule has 2 saturated heterocycles. The zero-order valence-electron chi connectivity index (χ0n) is 32.1. The van der Waals surface area contributed by atoms with Crippen LogP contribution in [-0.4, -0.2) is 129 Å². The van der Waals surface area contributed by atoms with Crippen LogP contribution in [0.2, 0.25) is 0 Å². The Kier molecular flexibility index (Phi) is 17.9. The van der Waals surface area contributed by atoms with Gasteiger partial charge in [-0.25, -0.2) is 0 Å². The van der Waals surface area contributed by atoms with E-state index in [1.165, 1.54) is 25.0 Å². The number of carbonyl (C=O) groups is 3. The van der Waals surface area contributed by atoms with Gasteiger partial charge < -0.3 is 62.0 Å². The van der Waals surface area contributed by atoms with Crippen LogP contribution in [0.5, 0.6) is 5.75 Å². The van der Waals surface area contributed by atoms with E-state index < -0.39 is 73.3 Å². The molecule has 2 aliphatic heterocycles. The van der Waals surface area contributed by atoms with Gasteiger partial charge in [0.2, 0.25) is 17.7 Å². The molecule has 10 unspecified atom stereocenters. The number of phenolic OH excluding ortho intramolecular Hbond substituents is 1. The minimum atomic E-state index is -1.38. The third-order valence-corrected chi connectivity index (χ3v) is 11.1. The Balaban J connectivity index is 1.55. The highest BCUT2D eigenvalue weighted by Gasteiger charge is 2.52. The zero-order chi connectivity index (χ0) is 39.9. The van der Waals surface area contributed by atoms with Gasteiger partial charge in [0.05, 0.1) is 25.4 Å². The predicted molar refractivity (Wildman–Crippen MR) is 204 cm³/mol. The fraction of sp³-hybridized carbons (Fsp3) is 0.744. The summed E-state index contributed by atoms with van der Waals surface area (Å²) >= 11 is 0. The minimum absolute atomic E-state index is 0.0515. The Morgan fingerprint density at radius 2 is 1.67 bits per heavy atom. The molecule has 4 rings (SSSR count). The van der Waals surface area contributed by atoms with Crippen LogP contribution in [0.15, 0.2) is 29.3 Å². The number of ether oxygens (including phenoxy) is 2. The third kappa shape index (κ3) is 13.0. The summed E-state index contributed by atoms with van der Waals surface area (Å²) in [5.41, 5.74) is 11.6. The maximum Gasteiger partial charge on any atom is 0.246 e. The second kappa shape index (κ2) is 22.3. The molecule has 3 fully saturated rings. The number of aromatic hydroxyl groups is 1. The highest BCUT2D eigenvalue weighted by Crippen LogP contribution is 2.42. The topological polar surface area (TPSA) is 263 Å². The van der Waals surface area contributed by atoms with Crippen molar-refractivity contribution < 1.29 is 49.4 Å². The summed E-state index contributed by atoms with van der Waals surface area (Å²) in [6.07, 6.45) is 4.91. The van der Waals surface area contributed by atoms with Crippen LogP contribution in [0.3, 0.4) is 0 Å². The van der Waals surface area contributed by atoms with E-state index in [1.54, 1.807) is 17.0 Å². The van der Waals surface area contributed by atoms with Gasteiger partial charge >= 0.3 is 0 Å². The van der Waals surface area contributed by atoms with E-state index in [0.29, 0.717) is 57.1 Å². The number of amides is 3. The zero-order valence-corrected chi connectivity index (χ0v) is 32.1. The second-order valence-electron chi connectivity index (χ2n) is 15.3. The normalized spacial score (nSPS) is 27.3. The number of aliphatic hydroxyl groups excluding tert-OH is 4. The monoisotopic (exact) mass is 776 g/mol. The molecular formula is C39H64N6O10. The summed E-state index contributed by atoms with van der Waals surface area (Å²) in [7, 11) is 0. The fourth-order valence-corrected chi connectivity index (χ4v) is 8.07. The van der Waals surface area contributed by atoms with Crippen molar-refractivity contribution in [3.05, 3.63) is 29.8 Å². The Morgan fingerprint density at radius 3 is 2.33 bits per heavy atom. The molecule has 55 heavy (non-hydrogen) atoms. The van der Waals surface area contributed by atoms with E-state index in [-0.39, 0.29) is 43.0 Å². The molecule has 3 aliphatic rings. The number of hydrogen-bond donors (Lipinski definition) is 9. The molecule has 0 aromatic heterocycles. The molecule has 310 valence electrons. The number of aliphatic hydroxyl groups is 4. The van der Waals surface area contributed by atoms with E-state index >= 15 is 0 Å². The number of unbranched alkanes of at least 4 members (excludes halogenated alkanes) is 6. The summed E-state index contributed by atoms with van der Waals surface area (Å²) in [5.74, 6) is -1.20. The molecule has 16 nitrogen and oxygen atoms in total. The minimum Gasteiger partial charge on any atom is -0.508 e. The van der Waals surface area contributed by atoms with Crippen LogP contribution >= 0.6 is 0 Å². The number of nitrogens with one attached hydrogen (secondary N) is 2. The molecule has 1 aromatic carbocycles. The number of guanidine groups is 1. The lowest BCUT2D eigenvalue weighted by Crippen LogP contribution is -2.58. The third-order valence-electron chi connectivity index (χ3n) is 11.1. The molecule has 16 heteroatoms. The number of nitrogens with two attached hydrogens (primary N) is 2. The number of rotatable bonds is 22. The van der Waals surface area contributed by atoms with Crippen LogP contribution in [0.25, 0.3) is 0 Å². The number of nitrogens with zero attached hydrogens (tertiary/aromatic N) is 2. The molecule has 1 saturated carbocycles. The first kappa shape index (κ1) is 44.2. The van der Waals surface area contributed by atoms with Crippen molar-refractivity contribution in [2.75, 3.05) is 19.8 Å². The van der Waals surface area contributed by atoms with Crippen LogP contribution in [0, 0.1) is 5.92 Å². The van der Waals surface area contributed by atoms with E-state index in [4.69, 9.17) is 20.9 Å². The van der Waals surface area contributed by atoms with Gasteiger partial charge in [0, 0.05) is 25.4 Å². The molecule has 1 aromatic rings. The Morgan fingerprint density at radius 1 is 0.964 bits per heavy atom. The first-order chi connectivity index (χ1) is 26.4. The van der Waals surface area contributed by atoms with Gasteiger partial charge in [-0.3, -0.25) is 19.4 Å².